The highest BCUT2D eigenvalue weighted by molar-refractivity contribution is 6.30. The molecule has 0 radical (unpaired) electrons. The van der Waals surface area contributed by atoms with Crippen LogP contribution in [0.15, 0.2) is 18.2 Å². The molecule has 1 aromatic carbocycles. The fraction of sp³-hybridized carbons (Fsp3) is 0.500. The molecule has 17 heavy (non-hydrogen) atoms. The van der Waals surface area contributed by atoms with E-state index in [4.69, 9.17) is 11.6 Å². The first-order chi connectivity index (χ1) is 8.15. The predicted octanol–water partition coefficient (Wildman–Crippen LogP) is 2.96. The van der Waals surface area contributed by atoms with Gasteiger partial charge in [-0.15, -0.1) is 0 Å². The number of hydrogen-bond donors (Lipinski definition) is 0. The van der Waals surface area contributed by atoms with Crippen molar-refractivity contribution >= 4 is 17.4 Å². The number of carbonyl (C=O) groups excluding carboxylic acids is 1. The van der Waals surface area contributed by atoms with Gasteiger partial charge in [0.2, 0.25) is 0 Å². The third-order valence-corrected chi connectivity index (χ3v) is 4.36. The van der Waals surface area contributed by atoms with Gasteiger partial charge in [-0.3, -0.25) is 4.79 Å². The van der Waals surface area contributed by atoms with Gasteiger partial charge in [-0.2, -0.15) is 0 Å². The van der Waals surface area contributed by atoms with Crippen LogP contribution in [0.25, 0.3) is 0 Å². The molecule has 1 heterocycles. The van der Waals surface area contributed by atoms with Gasteiger partial charge < -0.3 is 4.90 Å². The minimum Gasteiger partial charge on any atom is -0.306 e. The molecule has 0 spiro atoms. The number of carbonyl (C=O) groups is 1. The Morgan fingerprint density at radius 1 is 1.41 bits per heavy atom. The first-order valence-electron chi connectivity index (χ1n) is 6.16. The predicted molar refractivity (Wildman–Crippen MR) is 68.7 cm³/mol. The average Bonchev–Trinajstić information content (AvgIpc) is 2.30. The smallest absolute Gasteiger partial charge is 0.163 e. The van der Waals surface area contributed by atoms with Gasteiger partial charge in [0, 0.05) is 29.5 Å². The molecule has 0 aromatic heterocycles. The molecular formula is C14H16ClNO. The molecule has 2 nitrogen and oxygen atoms in total. The average molecular weight is 250 g/mol. The number of hydrogen-bond acceptors (Lipinski definition) is 2. The highest BCUT2D eigenvalue weighted by atomic mass is 35.5. The number of rotatable bonds is 0. The number of piperidine rings is 1. The molecule has 3 heteroatoms. The van der Waals surface area contributed by atoms with Crippen molar-refractivity contribution in [2.24, 2.45) is 5.92 Å². The van der Waals surface area contributed by atoms with Crippen molar-refractivity contribution in [3.63, 3.8) is 0 Å². The van der Waals surface area contributed by atoms with E-state index in [-0.39, 0.29) is 0 Å². The largest absolute Gasteiger partial charge is 0.306 e. The van der Waals surface area contributed by atoms with E-state index in [0.717, 1.165) is 30.1 Å². The number of likely N-dealkylation sites (N-methyl/N-ethyl adjacent to an activating group) is 1. The number of benzene rings is 1. The Balaban J connectivity index is 2.06. The molecule has 90 valence electrons. The summed E-state index contributed by atoms with van der Waals surface area (Å²) in [5, 5.41) is 0.741. The van der Waals surface area contributed by atoms with Crippen LogP contribution in [0.2, 0.25) is 5.02 Å². The number of ketones is 1. The first-order valence-corrected chi connectivity index (χ1v) is 6.54. The summed E-state index contributed by atoms with van der Waals surface area (Å²) in [6, 6.07) is 5.71. The third-order valence-electron chi connectivity index (χ3n) is 4.12. The van der Waals surface area contributed by atoms with Gasteiger partial charge in [0.1, 0.15) is 0 Å². The van der Waals surface area contributed by atoms with Gasteiger partial charge in [-0.25, -0.2) is 0 Å². The highest BCUT2D eigenvalue weighted by Crippen LogP contribution is 2.41. The van der Waals surface area contributed by atoms with E-state index in [1.165, 1.54) is 5.56 Å². The van der Waals surface area contributed by atoms with Crippen LogP contribution in [0.5, 0.6) is 0 Å². The van der Waals surface area contributed by atoms with E-state index in [1.54, 1.807) is 0 Å². The summed E-state index contributed by atoms with van der Waals surface area (Å²) in [5.74, 6) is 1.30. The molecule has 2 atom stereocenters. The van der Waals surface area contributed by atoms with E-state index in [2.05, 4.69) is 11.9 Å². The van der Waals surface area contributed by atoms with Crippen molar-refractivity contribution in [1.82, 2.24) is 4.90 Å². The lowest BCUT2D eigenvalue weighted by Crippen LogP contribution is -2.40. The number of Topliss-reactive ketones (excluding diaryl/α,β-unsaturated/α-hetero) is 1. The summed E-state index contributed by atoms with van der Waals surface area (Å²) in [6.45, 7) is 2.15. The van der Waals surface area contributed by atoms with Crippen molar-refractivity contribution in [1.29, 1.82) is 0 Å². The molecule has 1 saturated heterocycles. The zero-order valence-electron chi connectivity index (χ0n) is 9.95. The van der Waals surface area contributed by atoms with Crippen LogP contribution >= 0.6 is 11.6 Å². The molecule has 1 aliphatic heterocycles. The molecule has 2 aliphatic rings. The van der Waals surface area contributed by atoms with Crippen molar-refractivity contribution < 1.29 is 4.79 Å². The topological polar surface area (TPSA) is 20.3 Å². The van der Waals surface area contributed by atoms with Crippen LogP contribution in [0.3, 0.4) is 0 Å². The molecule has 3 rings (SSSR count). The number of fused-ring (bicyclic) bond motifs is 3. The molecule has 0 unspecified atom stereocenters. The highest BCUT2D eigenvalue weighted by Gasteiger charge is 2.36. The van der Waals surface area contributed by atoms with Crippen LogP contribution in [0, 0.1) is 5.92 Å². The molecule has 0 N–H and O–H groups in total. The minimum atomic E-state index is 0.294. The van der Waals surface area contributed by atoms with Crippen LogP contribution in [-0.2, 0) is 0 Å². The summed E-state index contributed by atoms with van der Waals surface area (Å²) in [6.07, 6.45) is 1.84. The van der Waals surface area contributed by atoms with Crippen LogP contribution in [-0.4, -0.2) is 30.8 Å². The van der Waals surface area contributed by atoms with Gasteiger partial charge in [-0.1, -0.05) is 11.6 Å². The Labute approximate surface area is 107 Å². The summed E-state index contributed by atoms with van der Waals surface area (Å²) in [7, 11) is 2.15. The Hall–Kier alpha value is -0.860. The van der Waals surface area contributed by atoms with E-state index < -0.39 is 0 Å². The molecule has 1 aliphatic carbocycles. The second-order valence-corrected chi connectivity index (χ2v) is 5.71. The summed E-state index contributed by atoms with van der Waals surface area (Å²) in [5.41, 5.74) is 2.07. The Morgan fingerprint density at radius 3 is 3.06 bits per heavy atom. The maximum atomic E-state index is 12.1. The zero-order valence-corrected chi connectivity index (χ0v) is 10.7. The van der Waals surface area contributed by atoms with Crippen molar-refractivity contribution in [3.05, 3.63) is 34.3 Å². The lowest BCUT2D eigenvalue weighted by molar-refractivity contribution is 0.0887. The van der Waals surface area contributed by atoms with Crippen LogP contribution in [0.1, 0.15) is 34.7 Å². The van der Waals surface area contributed by atoms with Gasteiger partial charge in [0.15, 0.2) is 5.78 Å². The molecular weight excluding hydrogens is 234 g/mol. The van der Waals surface area contributed by atoms with E-state index in [0.29, 0.717) is 24.0 Å². The van der Waals surface area contributed by atoms with Gasteiger partial charge in [0.05, 0.1) is 0 Å². The number of halogens is 1. The second kappa shape index (κ2) is 4.11. The number of likely N-dealkylation sites (tertiary alicyclic amines) is 1. The number of nitrogens with zero attached hydrogens (tertiary/aromatic N) is 1. The van der Waals surface area contributed by atoms with E-state index in [9.17, 15) is 4.79 Å². The van der Waals surface area contributed by atoms with E-state index in [1.807, 2.05) is 18.2 Å². The summed E-state index contributed by atoms with van der Waals surface area (Å²) < 4.78 is 0. The first kappa shape index (κ1) is 11.2. The van der Waals surface area contributed by atoms with Crippen LogP contribution < -0.4 is 0 Å². The normalized spacial score (nSPS) is 28.7. The zero-order chi connectivity index (χ0) is 12.0. The van der Waals surface area contributed by atoms with Crippen LogP contribution in [0.4, 0.5) is 0 Å². The summed E-state index contributed by atoms with van der Waals surface area (Å²) >= 11 is 6.07. The fourth-order valence-electron chi connectivity index (χ4n) is 3.20. The monoisotopic (exact) mass is 249 g/mol. The van der Waals surface area contributed by atoms with E-state index >= 15 is 0 Å². The fourth-order valence-corrected chi connectivity index (χ4v) is 3.38. The maximum absolute atomic E-state index is 12.1. The van der Waals surface area contributed by atoms with Gasteiger partial charge in [0.25, 0.3) is 0 Å². The molecule has 1 aromatic rings. The quantitative estimate of drug-likeness (QED) is 0.705. The minimum absolute atomic E-state index is 0.294. The lowest BCUT2D eigenvalue weighted by atomic mass is 9.71. The standard InChI is InChI=1S/C14H16ClNO/c1-16-5-4-9-6-14(17)11-3-2-10(15)7-12(11)13(9)8-16/h2-3,7,9,13H,4-6,8H2,1H3/t9-,13+/m1/s1. The second-order valence-electron chi connectivity index (χ2n) is 5.28. The SMILES string of the molecule is CN1CC[C@@H]2CC(=O)c3ccc(Cl)cc3[C@H]2C1. The third kappa shape index (κ3) is 1.90. The van der Waals surface area contributed by atoms with Gasteiger partial charge >= 0.3 is 0 Å². The van der Waals surface area contributed by atoms with Crippen molar-refractivity contribution in [2.75, 3.05) is 20.1 Å². The Kier molecular flexibility index (Phi) is 2.72. The Morgan fingerprint density at radius 2 is 2.24 bits per heavy atom. The van der Waals surface area contributed by atoms with Crippen molar-refractivity contribution in [2.45, 2.75) is 18.8 Å². The molecule has 1 fully saturated rings. The maximum Gasteiger partial charge on any atom is 0.163 e. The Bertz CT molecular complexity index is 471. The molecule has 0 amide bonds. The lowest BCUT2D eigenvalue weighted by Gasteiger charge is -2.40. The van der Waals surface area contributed by atoms with Crippen molar-refractivity contribution in [3.8, 4) is 0 Å². The molecule has 0 bridgehead atoms. The summed E-state index contributed by atoms with van der Waals surface area (Å²) in [4.78, 5) is 14.4. The molecule has 0 saturated carbocycles. The van der Waals surface area contributed by atoms with Gasteiger partial charge in [-0.05, 0) is 49.7 Å².